The molecule has 4 heteroatoms. The Balaban J connectivity index is 1.56. The van der Waals surface area contributed by atoms with Crippen LogP contribution < -0.4 is 9.80 Å². The molecule has 40 heavy (non-hydrogen) atoms. The van der Waals surface area contributed by atoms with E-state index in [1.807, 2.05) is 24.5 Å². The first-order valence-corrected chi connectivity index (χ1v) is 15.5. The molecule has 2 aromatic carbocycles. The third-order valence-electron chi connectivity index (χ3n) is 7.23. The zero-order valence-electron chi connectivity index (χ0n) is 25.4. The molecule has 0 bridgehead atoms. The summed E-state index contributed by atoms with van der Waals surface area (Å²) in [5.74, 6) is 0. The van der Waals surface area contributed by atoms with Crippen molar-refractivity contribution in [3.63, 3.8) is 0 Å². The highest BCUT2D eigenvalue weighted by Crippen LogP contribution is 2.20. The van der Waals surface area contributed by atoms with E-state index in [2.05, 4.69) is 108 Å². The van der Waals surface area contributed by atoms with E-state index in [9.17, 15) is 0 Å². The predicted molar refractivity (Wildman–Crippen MR) is 177 cm³/mol. The number of hydrogen-bond donors (Lipinski definition) is 0. The third-order valence-corrected chi connectivity index (χ3v) is 7.23. The first-order valence-electron chi connectivity index (χ1n) is 15.5. The highest BCUT2D eigenvalue weighted by atomic mass is 15.1. The topological polar surface area (TPSA) is 32.3 Å². The van der Waals surface area contributed by atoms with Gasteiger partial charge >= 0.3 is 0 Å². The quantitative estimate of drug-likeness (QED) is 0.161. The number of benzene rings is 2. The zero-order chi connectivity index (χ0) is 28.4. The van der Waals surface area contributed by atoms with E-state index in [-0.39, 0.29) is 0 Å². The lowest BCUT2D eigenvalue weighted by Gasteiger charge is -2.24. The second-order valence-electron chi connectivity index (χ2n) is 10.6. The summed E-state index contributed by atoms with van der Waals surface area (Å²) in [4.78, 5) is 14.2. The van der Waals surface area contributed by atoms with Crippen LogP contribution in [0.1, 0.15) is 102 Å². The second-order valence-corrected chi connectivity index (χ2v) is 10.6. The molecule has 0 aliphatic carbocycles. The molecule has 0 amide bonds. The van der Waals surface area contributed by atoms with Crippen LogP contribution in [0.25, 0.3) is 24.3 Å². The molecule has 0 saturated heterocycles. The van der Waals surface area contributed by atoms with Crippen LogP contribution in [0, 0.1) is 0 Å². The standard InChI is InChI=1S/C36H50N4/c1-5-9-25-39(26-10-6-2)35-21-15-31(16-22-35)13-19-33-29-38-34(30-37-33)20-14-32-17-23-36(24-18-32)40(27-11-7-3)28-12-8-4/h13-24,29-30H,5-12,25-28H2,1-4H3/b19-13+,20-14+. The summed E-state index contributed by atoms with van der Waals surface area (Å²) in [5, 5.41) is 0. The Kier molecular flexibility index (Phi) is 14.0. The van der Waals surface area contributed by atoms with Gasteiger partial charge in [0.25, 0.3) is 0 Å². The molecule has 0 aliphatic heterocycles. The first kappa shape index (κ1) is 31.1. The maximum absolute atomic E-state index is 4.60. The van der Waals surface area contributed by atoms with E-state index in [1.54, 1.807) is 0 Å². The van der Waals surface area contributed by atoms with Crippen molar-refractivity contribution < 1.29 is 0 Å². The molecule has 3 rings (SSSR count). The molecule has 3 aromatic rings. The van der Waals surface area contributed by atoms with Gasteiger partial charge in [-0.25, -0.2) is 0 Å². The summed E-state index contributed by atoms with van der Waals surface area (Å²) in [7, 11) is 0. The fourth-order valence-corrected chi connectivity index (χ4v) is 4.61. The maximum Gasteiger partial charge on any atom is 0.0813 e. The monoisotopic (exact) mass is 538 g/mol. The summed E-state index contributed by atoms with van der Waals surface area (Å²) in [6.07, 6.45) is 21.8. The van der Waals surface area contributed by atoms with Crippen molar-refractivity contribution in [1.82, 2.24) is 9.97 Å². The molecule has 0 saturated carbocycles. The molecule has 0 fully saturated rings. The van der Waals surface area contributed by atoms with Crippen LogP contribution in [0.3, 0.4) is 0 Å². The van der Waals surface area contributed by atoms with Crippen LogP contribution >= 0.6 is 0 Å². The molecule has 0 spiro atoms. The average Bonchev–Trinajstić information content (AvgIpc) is 3.00. The smallest absolute Gasteiger partial charge is 0.0813 e. The Bertz CT molecular complexity index is 1020. The average molecular weight is 539 g/mol. The largest absolute Gasteiger partial charge is 0.372 e. The van der Waals surface area contributed by atoms with Crippen molar-refractivity contribution in [2.24, 2.45) is 0 Å². The Morgan fingerprint density at radius 2 is 0.800 bits per heavy atom. The Labute approximate surface area is 243 Å². The molecule has 0 radical (unpaired) electrons. The van der Waals surface area contributed by atoms with E-state index >= 15 is 0 Å². The van der Waals surface area contributed by atoms with Gasteiger partial charge < -0.3 is 9.80 Å². The van der Waals surface area contributed by atoms with E-state index in [1.165, 1.54) is 73.9 Å². The van der Waals surface area contributed by atoms with E-state index in [0.717, 1.165) is 37.6 Å². The van der Waals surface area contributed by atoms with Gasteiger partial charge in [-0.2, -0.15) is 0 Å². The summed E-state index contributed by atoms with van der Waals surface area (Å²) in [5.41, 5.74) is 6.69. The molecule has 214 valence electrons. The second kappa shape index (κ2) is 18.0. The lowest BCUT2D eigenvalue weighted by Crippen LogP contribution is -2.25. The fourth-order valence-electron chi connectivity index (χ4n) is 4.61. The normalized spacial score (nSPS) is 11.5. The molecular weight excluding hydrogens is 488 g/mol. The van der Waals surface area contributed by atoms with E-state index in [4.69, 9.17) is 0 Å². The molecular formula is C36H50N4. The van der Waals surface area contributed by atoms with Crippen LogP contribution in [0.2, 0.25) is 0 Å². The predicted octanol–water partition coefficient (Wildman–Crippen LogP) is 9.63. The number of anilines is 2. The fraction of sp³-hybridized carbons (Fsp3) is 0.444. The highest BCUT2D eigenvalue weighted by Gasteiger charge is 2.06. The number of aromatic nitrogens is 2. The van der Waals surface area contributed by atoms with Gasteiger partial charge in [0.05, 0.1) is 23.8 Å². The molecule has 1 aromatic heterocycles. The Morgan fingerprint density at radius 3 is 1.07 bits per heavy atom. The molecule has 0 unspecified atom stereocenters. The number of nitrogens with zero attached hydrogens (tertiary/aromatic N) is 4. The number of hydrogen-bond acceptors (Lipinski definition) is 4. The summed E-state index contributed by atoms with van der Waals surface area (Å²) in [6.45, 7) is 13.5. The number of unbranched alkanes of at least 4 members (excludes halogenated alkanes) is 4. The third kappa shape index (κ3) is 10.6. The van der Waals surface area contributed by atoms with Crippen molar-refractivity contribution in [1.29, 1.82) is 0 Å². The molecule has 0 N–H and O–H groups in total. The van der Waals surface area contributed by atoms with E-state index < -0.39 is 0 Å². The highest BCUT2D eigenvalue weighted by molar-refractivity contribution is 5.71. The van der Waals surface area contributed by atoms with Gasteiger partial charge in [0.15, 0.2) is 0 Å². The zero-order valence-corrected chi connectivity index (χ0v) is 25.4. The summed E-state index contributed by atoms with van der Waals surface area (Å²) >= 11 is 0. The van der Waals surface area contributed by atoms with Gasteiger partial charge in [-0.3, -0.25) is 9.97 Å². The van der Waals surface area contributed by atoms with Crippen LogP contribution in [0.15, 0.2) is 60.9 Å². The first-order chi connectivity index (χ1) is 19.7. The van der Waals surface area contributed by atoms with Crippen molar-refractivity contribution in [3.05, 3.63) is 83.4 Å². The minimum atomic E-state index is 0.859. The van der Waals surface area contributed by atoms with Crippen molar-refractivity contribution >= 4 is 35.7 Å². The Morgan fingerprint density at radius 1 is 0.475 bits per heavy atom. The molecule has 0 atom stereocenters. The summed E-state index contributed by atoms with van der Waals surface area (Å²) in [6, 6.07) is 17.7. The molecule has 0 aliphatic rings. The lowest BCUT2D eigenvalue weighted by atomic mass is 10.1. The summed E-state index contributed by atoms with van der Waals surface area (Å²) < 4.78 is 0. The maximum atomic E-state index is 4.60. The van der Waals surface area contributed by atoms with Gasteiger partial charge in [0, 0.05) is 37.6 Å². The minimum absolute atomic E-state index is 0.859. The lowest BCUT2D eigenvalue weighted by molar-refractivity contribution is 0.678. The van der Waals surface area contributed by atoms with Crippen LogP contribution in [-0.2, 0) is 0 Å². The molecule has 4 nitrogen and oxygen atoms in total. The van der Waals surface area contributed by atoms with Crippen LogP contribution in [0.5, 0.6) is 0 Å². The van der Waals surface area contributed by atoms with Crippen LogP contribution in [0.4, 0.5) is 11.4 Å². The van der Waals surface area contributed by atoms with Crippen molar-refractivity contribution in [3.8, 4) is 0 Å². The van der Waals surface area contributed by atoms with Gasteiger partial charge in [0.1, 0.15) is 0 Å². The van der Waals surface area contributed by atoms with Gasteiger partial charge in [-0.1, -0.05) is 89.8 Å². The minimum Gasteiger partial charge on any atom is -0.372 e. The van der Waals surface area contributed by atoms with Gasteiger partial charge in [0.2, 0.25) is 0 Å². The van der Waals surface area contributed by atoms with Crippen LogP contribution in [-0.4, -0.2) is 36.1 Å². The van der Waals surface area contributed by atoms with E-state index in [0.29, 0.717) is 0 Å². The molecule has 1 heterocycles. The Hall–Kier alpha value is -3.40. The van der Waals surface area contributed by atoms with Gasteiger partial charge in [-0.15, -0.1) is 0 Å². The number of rotatable bonds is 18. The van der Waals surface area contributed by atoms with Crippen molar-refractivity contribution in [2.45, 2.75) is 79.1 Å². The SMILES string of the molecule is CCCCN(CCCC)c1ccc(/C=C/c2cnc(/C=C/c3ccc(N(CCCC)CCCC)cc3)cn2)cc1. The van der Waals surface area contributed by atoms with Gasteiger partial charge in [-0.05, 0) is 73.2 Å². The van der Waals surface area contributed by atoms with Crippen molar-refractivity contribution in [2.75, 3.05) is 36.0 Å².